The zero-order valence-electron chi connectivity index (χ0n) is 17.9. The minimum absolute atomic E-state index is 0.105. The van der Waals surface area contributed by atoms with E-state index in [2.05, 4.69) is 4.90 Å². The summed E-state index contributed by atoms with van der Waals surface area (Å²) in [5.74, 6) is -0.0888. The minimum atomic E-state index is -0.336. The van der Waals surface area contributed by atoms with Gasteiger partial charge < -0.3 is 14.7 Å². The number of aryl methyl sites for hydroxylation is 1. The van der Waals surface area contributed by atoms with Crippen LogP contribution >= 0.6 is 0 Å². The number of rotatable bonds is 6. The highest BCUT2D eigenvalue weighted by molar-refractivity contribution is 6.45. The van der Waals surface area contributed by atoms with E-state index in [1.807, 2.05) is 48.2 Å². The first kappa shape index (κ1) is 21.1. The maximum Gasteiger partial charge on any atom is 0.282 e. The molecule has 2 amide bonds. The van der Waals surface area contributed by atoms with Crippen molar-refractivity contribution >= 4 is 23.1 Å². The Labute approximate surface area is 182 Å². The second kappa shape index (κ2) is 8.91. The van der Waals surface area contributed by atoms with Crippen molar-refractivity contribution in [1.82, 2.24) is 9.80 Å². The standard InChI is InChI=1S/C24H27N3O4/c1-17-7-3-5-9-19(17)27-23(29)21(18-8-4-6-10-20(18)31-2)22(24(27)30)26-13-11-25(12-14-26)15-16-28/h3-10,28H,11-16H2,1-2H3. The Morgan fingerprint density at radius 1 is 0.935 bits per heavy atom. The SMILES string of the molecule is COc1ccccc1C1=C(N2CCN(CCO)CC2)C(=O)N(c2ccccc2C)C1=O. The molecule has 2 aromatic rings. The van der Waals surface area contributed by atoms with Gasteiger partial charge in [0.05, 0.1) is 25.0 Å². The Bertz CT molecular complexity index is 1020. The lowest BCUT2D eigenvalue weighted by Gasteiger charge is -2.36. The first-order valence-electron chi connectivity index (χ1n) is 10.5. The molecule has 0 aliphatic carbocycles. The number of hydrogen-bond donors (Lipinski definition) is 1. The first-order chi connectivity index (χ1) is 15.1. The number of nitrogens with zero attached hydrogens (tertiary/aromatic N) is 3. The van der Waals surface area contributed by atoms with Gasteiger partial charge in [0.2, 0.25) is 0 Å². The largest absolute Gasteiger partial charge is 0.496 e. The Morgan fingerprint density at radius 2 is 1.61 bits per heavy atom. The van der Waals surface area contributed by atoms with Crippen LogP contribution in [0.15, 0.2) is 54.2 Å². The minimum Gasteiger partial charge on any atom is -0.496 e. The topological polar surface area (TPSA) is 73.3 Å². The van der Waals surface area contributed by atoms with Crippen LogP contribution in [0.1, 0.15) is 11.1 Å². The van der Waals surface area contributed by atoms with Crippen molar-refractivity contribution in [3.63, 3.8) is 0 Å². The second-order valence-electron chi connectivity index (χ2n) is 7.71. The molecule has 2 aliphatic rings. The molecule has 0 saturated carbocycles. The van der Waals surface area contributed by atoms with Crippen LogP contribution in [0, 0.1) is 6.92 Å². The van der Waals surface area contributed by atoms with Gasteiger partial charge in [0.25, 0.3) is 11.8 Å². The molecule has 31 heavy (non-hydrogen) atoms. The number of aliphatic hydroxyl groups is 1. The number of imide groups is 1. The van der Waals surface area contributed by atoms with Gasteiger partial charge in [-0.15, -0.1) is 0 Å². The third-order valence-electron chi connectivity index (χ3n) is 5.90. The lowest BCUT2D eigenvalue weighted by Crippen LogP contribution is -2.48. The number of amides is 2. The maximum atomic E-state index is 13.7. The fraction of sp³-hybridized carbons (Fsp3) is 0.333. The lowest BCUT2D eigenvalue weighted by molar-refractivity contribution is -0.120. The van der Waals surface area contributed by atoms with E-state index < -0.39 is 0 Å². The van der Waals surface area contributed by atoms with E-state index in [4.69, 9.17) is 4.74 Å². The zero-order chi connectivity index (χ0) is 22.0. The predicted octanol–water partition coefficient (Wildman–Crippen LogP) is 1.90. The van der Waals surface area contributed by atoms with Gasteiger partial charge in [-0.3, -0.25) is 14.5 Å². The predicted molar refractivity (Wildman–Crippen MR) is 119 cm³/mol. The van der Waals surface area contributed by atoms with Crippen LogP contribution in [-0.2, 0) is 9.59 Å². The van der Waals surface area contributed by atoms with Crippen molar-refractivity contribution in [2.75, 3.05) is 51.3 Å². The summed E-state index contributed by atoms with van der Waals surface area (Å²) in [7, 11) is 1.56. The molecule has 0 aromatic heterocycles. The summed E-state index contributed by atoms with van der Waals surface area (Å²) in [5, 5.41) is 9.22. The number of benzene rings is 2. The van der Waals surface area contributed by atoms with Gasteiger partial charge in [-0.05, 0) is 24.6 Å². The van der Waals surface area contributed by atoms with Gasteiger partial charge in [0.15, 0.2) is 0 Å². The van der Waals surface area contributed by atoms with Crippen LogP contribution in [0.25, 0.3) is 5.57 Å². The van der Waals surface area contributed by atoms with E-state index in [9.17, 15) is 14.7 Å². The molecule has 0 atom stereocenters. The van der Waals surface area contributed by atoms with E-state index in [-0.39, 0.29) is 18.4 Å². The highest BCUT2D eigenvalue weighted by Gasteiger charge is 2.44. The molecule has 7 heteroatoms. The van der Waals surface area contributed by atoms with Gasteiger partial charge in [0, 0.05) is 38.3 Å². The number of carbonyl (C=O) groups excluding carboxylic acids is 2. The van der Waals surface area contributed by atoms with E-state index >= 15 is 0 Å². The molecule has 2 aliphatic heterocycles. The van der Waals surface area contributed by atoms with Crippen molar-refractivity contribution in [3.05, 3.63) is 65.4 Å². The average Bonchev–Trinajstić information content (AvgIpc) is 3.05. The molecule has 0 unspecified atom stereocenters. The number of aliphatic hydroxyl groups excluding tert-OH is 1. The fourth-order valence-corrected chi connectivity index (χ4v) is 4.28. The normalized spacial score (nSPS) is 17.6. The molecule has 162 valence electrons. The van der Waals surface area contributed by atoms with Crippen LogP contribution in [0.4, 0.5) is 5.69 Å². The Morgan fingerprint density at radius 3 is 2.29 bits per heavy atom. The summed E-state index contributed by atoms with van der Waals surface area (Å²) in [6.07, 6.45) is 0. The molecule has 0 spiro atoms. The zero-order valence-corrected chi connectivity index (χ0v) is 17.9. The average molecular weight is 421 g/mol. The summed E-state index contributed by atoms with van der Waals surface area (Å²) in [5.41, 5.74) is 2.87. The Hall–Kier alpha value is -3.16. The highest BCUT2D eigenvalue weighted by atomic mass is 16.5. The number of ether oxygens (including phenoxy) is 1. The van der Waals surface area contributed by atoms with E-state index in [0.717, 1.165) is 18.7 Å². The third kappa shape index (κ3) is 3.82. The number of β-amino-alcohol motifs (C(OH)–C–C–N with tert-alkyl or cyclic N) is 1. The van der Waals surface area contributed by atoms with Gasteiger partial charge in [-0.1, -0.05) is 36.4 Å². The number of piperazine rings is 1. The van der Waals surface area contributed by atoms with Crippen molar-refractivity contribution < 1.29 is 19.4 Å². The number of para-hydroxylation sites is 2. The maximum absolute atomic E-state index is 13.7. The number of hydrogen-bond acceptors (Lipinski definition) is 6. The van der Waals surface area contributed by atoms with Crippen molar-refractivity contribution in [3.8, 4) is 5.75 Å². The summed E-state index contributed by atoms with van der Waals surface area (Å²) in [6.45, 7) is 5.25. The second-order valence-corrected chi connectivity index (χ2v) is 7.71. The third-order valence-corrected chi connectivity index (χ3v) is 5.90. The van der Waals surface area contributed by atoms with Crippen molar-refractivity contribution in [2.24, 2.45) is 0 Å². The smallest absolute Gasteiger partial charge is 0.282 e. The summed E-state index contributed by atoms with van der Waals surface area (Å²) in [4.78, 5) is 32.8. The summed E-state index contributed by atoms with van der Waals surface area (Å²) < 4.78 is 5.52. The molecule has 7 nitrogen and oxygen atoms in total. The fourth-order valence-electron chi connectivity index (χ4n) is 4.28. The van der Waals surface area contributed by atoms with E-state index in [0.29, 0.717) is 47.9 Å². The van der Waals surface area contributed by atoms with Crippen LogP contribution in [0.3, 0.4) is 0 Å². The number of anilines is 1. The summed E-state index contributed by atoms with van der Waals surface area (Å²) in [6, 6.07) is 14.7. The molecule has 1 N–H and O–H groups in total. The lowest BCUT2D eigenvalue weighted by atomic mass is 10.0. The molecular formula is C24H27N3O4. The molecule has 2 aromatic carbocycles. The van der Waals surface area contributed by atoms with Crippen LogP contribution in [0.5, 0.6) is 5.75 Å². The van der Waals surface area contributed by atoms with Crippen LogP contribution in [-0.4, -0.2) is 73.2 Å². The van der Waals surface area contributed by atoms with E-state index in [1.54, 1.807) is 19.2 Å². The molecule has 1 fully saturated rings. The van der Waals surface area contributed by atoms with Crippen molar-refractivity contribution in [2.45, 2.75) is 6.92 Å². The first-order valence-corrected chi connectivity index (χ1v) is 10.5. The van der Waals surface area contributed by atoms with Crippen molar-refractivity contribution in [1.29, 1.82) is 0 Å². The monoisotopic (exact) mass is 421 g/mol. The molecule has 1 saturated heterocycles. The van der Waals surface area contributed by atoms with Crippen LogP contribution < -0.4 is 9.64 Å². The van der Waals surface area contributed by atoms with Gasteiger partial charge in [0.1, 0.15) is 11.4 Å². The molecular weight excluding hydrogens is 394 g/mol. The molecule has 4 rings (SSSR count). The molecule has 2 heterocycles. The van der Waals surface area contributed by atoms with E-state index in [1.165, 1.54) is 4.90 Å². The van der Waals surface area contributed by atoms with Gasteiger partial charge in [-0.2, -0.15) is 0 Å². The Balaban J connectivity index is 1.80. The molecule has 0 bridgehead atoms. The molecule has 0 radical (unpaired) electrons. The highest BCUT2D eigenvalue weighted by Crippen LogP contribution is 2.39. The summed E-state index contributed by atoms with van der Waals surface area (Å²) >= 11 is 0. The number of methoxy groups -OCH3 is 1. The quantitative estimate of drug-likeness (QED) is 0.719. The Kier molecular flexibility index (Phi) is 6.06. The van der Waals surface area contributed by atoms with Gasteiger partial charge >= 0.3 is 0 Å². The van der Waals surface area contributed by atoms with Gasteiger partial charge in [-0.25, -0.2) is 4.90 Å². The number of carbonyl (C=O) groups is 2. The van der Waals surface area contributed by atoms with Crippen LogP contribution in [0.2, 0.25) is 0 Å².